The zero-order chi connectivity index (χ0) is 11.7. The maximum absolute atomic E-state index is 11.1. The van der Waals surface area contributed by atoms with E-state index >= 15 is 0 Å². The van der Waals surface area contributed by atoms with Crippen molar-refractivity contribution in [2.75, 3.05) is 11.9 Å². The van der Waals surface area contributed by atoms with E-state index in [-0.39, 0.29) is 5.95 Å². The number of carbonyl (C=O) groups is 1. The first-order valence-corrected chi connectivity index (χ1v) is 5.70. The summed E-state index contributed by atoms with van der Waals surface area (Å²) in [4.78, 5) is 17.2. The second-order valence-electron chi connectivity index (χ2n) is 3.22. The molecule has 0 aliphatic heterocycles. The van der Waals surface area contributed by atoms with Gasteiger partial charge in [0.1, 0.15) is 0 Å². The molecule has 0 fully saturated rings. The van der Waals surface area contributed by atoms with Crippen molar-refractivity contribution in [3.63, 3.8) is 0 Å². The average Bonchev–Trinajstić information content (AvgIpc) is 2.69. The van der Waals surface area contributed by atoms with Crippen LogP contribution in [0.4, 0.5) is 10.7 Å². The molecule has 7 heteroatoms. The number of hydrogen-bond acceptors (Lipinski definition) is 5. The Morgan fingerprint density at radius 2 is 2.31 bits per heavy atom. The average molecular weight is 240 g/mol. The number of anilines is 1. The highest BCUT2D eigenvalue weighted by Gasteiger charge is 2.12. The fourth-order valence-electron chi connectivity index (χ4n) is 1.25. The van der Waals surface area contributed by atoms with Gasteiger partial charge in [0.25, 0.3) is 5.95 Å². The number of amides is 1. The molecule has 0 spiro atoms. The molecule has 0 unspecified atom stereocenters. The minimum absolute atomic E-state index is 0.271. The number of nitrogens with zero attached hydrogens (tertiary/aromatic N) is 3. The highest BCUT2D eigenvalue weighted by atomic mass is 32.1. The molecule has 0 bridgehead atoms. The van der Waals surface area contributed by atoms with Crippen LogP contribution in [0.3, 0.4) is 0 Å². The van der Waals surface area contributed by atoms with Gasteiger partial charge in [-0.2, -0.15) is 4.98 Å². The molecular formula is C9H12N4O2S. The molecule has 0 radical (unpaired) electrons. The number of carbonyl (C=O) groups excluding carboxylic acids is 1. The van der Waals surface area contributed by atoms with Crippen LogP contribution in [0.2, 0.25) is 0 Å². The highest BCUT2D eigenvalue weighted by Crippen LogP contribution is 2.21. The molecule has 2 aromatic heterocycles. The molecule has 1 N–H and O–H groups in total. The Kier molecular flexibility index (Phi) is 2.78. The van der Waals surface area contributed by atoms with Crippen molar-refractivity contribution >= 4 is 28.3 Å². The number of fused-ring (bicyclic) bond motifs is 1. The first-order chi connectivity index (χ1) is 7.61. The van der Waals surface area contributed by atoms with Crippen molar-refractivity contribution in [3.05, 3.63) is 10.6 Å². The summed E-state index contributed by atoms with van der Waals surface area (Å²) in [6, 6.07) is 0. The van der Waals surface area contributed by atoms with Crippen molar-refractivity contribution < 1.29 is 9.53 Å². The van der Waals surface area contributed by atoms with Crippen LogP contribution in [0.15, 0.2) is 0 Å². The van der Waals surface area contributed by atoms with E-state index in [0.717, 1.165) is 15.5 Å². The number of aryl methyl sites for hydroxylation is 2. The predicted octanol–water partition coefficient (Wildman–Crippen LogP) is 1.98. The van der Waals surface area contributed by atoms with Gasteiger partial charge in [-0.3, -0.25) is 5.32 Å². The summed E-state index contributed by atoms with van der Waals surface area (Å²) in [5, 5.41) is 6.63. The SMILES string of the molecule is CCOC(=O)Nc1nc2sc(C)c(C)n2n1. The molecule has 0 atom stereocenters. The van der Waals surface area contributed by atoms with Gasteiger partial charge in [0.15, 0.2) is 0 Å². The zero-order valence-electron chi connectivity index (χ0n) is 9.27. The summed E-state index contributed by atoms with van der Waals surface area (Å²) in [5.74, 6) is 0.271. The van der Waals surface area contributed by atoms with Crippen LogP contribution in [-0.2, 0) is 4.74 Å². The molecule has 2 aromatic rings. The third kappa shape index (κ3) is 1.85. The van der Waals surface area contributed by atoms with Gasteiger partial charge < -0.3 is 4.74 Å². The van der Waals surface area contributed by atoms with E-state index < -0.39 is 6.09 Å². The Morgan fingerprint density at radius 1 is 1.56 bits per heavy atom. The minimum atomic E-state index is -0.532. The van der Waals surface area contributed by atoms with Gasteiger partial charge in [-0.05, 0) is 20.8 Å². The van der Waals surface area contributed by atoms with Crippen molar-refractivity contribution in [1.29, 1.82) is 0 Å². The summed E-state index contributed by atoms with van der Waals surface area (Å²) in [6.45, 7) is 6.04. The first-order valence-electron chi connectivity index (χ1n) is 4.88. The number of nitrogens with one attached hydrogen (secondary N) is 1. The van der Waals surface area contributed by atoms with Gasteiger partial charge in [0, 0.05) is 4.88 Å². The first kappa shape index (κ1) is 10.9. The van der Waals surface area contributed by atoms with Crippen LogP contribution >= 0.6 is 11.3 Å². The van der Waals surface area contributed by atoms with Crippen LogP contribution < -0.4 is 5.32 Å². The van der Waals surface area contributed by atoms with E-state index in [1.165, 1.54) is 11.3 Å². The molecule has 0 aliphatic carbocycles. The van der Waals surface area contributed by atoms with E-state index in [9.17, 15) is 4.79 Å². The lowest BCUT2D eigenvalue weighted by atomic mass is 10.4. The van der Waals surface area contributed by atoms with Gasteiger partial charge in [-0.25, -0.2) is 9.31 Å². The summed E-state index contributed by atoms with van der Waals surface area (Å²) in [7, 11) is 0. The lowest BCUT2D eigenvalue weighted by Crippen LogP contribution is -2.14. The highest BCUT2D eigenvalue weighted by molar-refractivity contribution is 7.17. The maximum Gasteiger partial charge on any atom is 0.414 e. The van der Waals surface area contributed by atoms with Crippen molar-refractivity contribution in [3.8, 4) is 0 Å². The summed E-state index contributed by atoms with van der Waals surface area (Å²) in [5.41, 5.74) is 1.03. The monoisotopic (exact) mass is 240 g/mol. The maximum atomic E-state index is 11.1. The van der Waals surface area contributed by atoms with Crippen molar-refractivity contribution in [1.82, 2.24) is 14.6 Å². The minimum Gasteiger partial charge on any atom is -0.450 e. The Hall–Kier alpha value is -1.63. The molecule has 2 rings (SSSR count). The second-order valence-corrected chi connectivity index (χ2v) is 4.40. The van der Waals surface area contributed by atoms with Crippen LogP contribution in [0.5, 0.6) is 0 Å². The number of hydrogen-bond donors (Lipinski definition) is 1. The van der Waals surface area contributed by atoms with Gasteiger partial charge in [0.05, 0.1) is 12.3 Å². The molecule has 0 saturated carbocycles. The van der Waals surface area contributed by atoms with Crippen LogP contribution in [-0.4, -0.2) is 27.3 Å². The third-order valence-electron chi connectivity index (χ3n) is 2.14. The molecule has 6 nitrogen and oxygen atoms in total. The quantitative estimate of drug-likeness (QED) is 0.871. The van der Waals surface area contributed by atoms with E-state index in [2.05, 4.69) is 15.4 Å². The standard InChI is InChI=1S/C9H12N4O2S/c1-4-15-9(14)11-7-10-8-13(12-7)5(2)6(3)16-8/h4H2,1-3H3,(H,11,12,14). The summed E-state index contributed by atoms with van der Waals surface area (Å²) in [6.07, 6.45) is -0.532. The largest absolute Gasteiger partial charge is 0.450 e. The van der Waals surface area contributed by atoms with Gasteiger partial charge in [-0.1, -0.05) is 11.3 Å². The molecular weight excluding hydrogens is 228 g/mol. The fraction of sp³-hybridized carbons (Fsp3) is 0.444. The molecule has 16 heavy (non-hydrogen) atoms. The van der Waals surface area contributed by atoms with Gasteiger partial charge in [-0.15, -0.1) is 5.10 Å². The Bertz CT molecular complexity index is 531. The smallest absolute Gasteiger partial charge is 0.414 e. The normalized spacial score (nSPS) is 10.7. The zero-order valence-corrected chi connectivity index (χ0v) is 10.1. The second kappa shape index (κ2) is 4.09. The van der Waals surface area contributed by atoms with E-state index in [0.29, 0.717) is 6.61 Å². The van der Waals surface area contributed by atoms with Crippen LogP contribution in [0.1, 0.15) is 17.5 Å². The lowest BCUT2D eigenvalue weighted by Gasteiger charge is -1.99. The van der Waals surface area contributed by atoms with E-state index in [1.54, 1.807) is 11.4 Å². The topological polar surface area (TPSA) is 68.5 Å². The van der Waals surface area contributed by atoms with Crippen LogP contribution in [0.25, 0.3) is 4.96 Å². The molecule has 0 aromatic carbocycles. The molecule has 86 valence electrons. The third-order valence-corrected chi connectivity index (χ3v) is 3.19. The lowest BCUT2D eigenvalue weighted by molar-refractivity contribution is 0.167. The fourth-order valence-corrected chi connectivity index (χ4v) is 2.16. The molecule has 2 heterocycles. The van der Waals surface area contributed by atoms with Gasteiger partial charge in [0.2, 0.25) is 4.96 Å². The number of ether oxygens (including phenoxy) is 1. The van der Waals surface area contributed by atoms with Crippen molar-refractivity contribution in [2.45, 2.75) is 20.8 Å². The van der Waals surface area contributed by atoms with E-state index in [1.807, 2.05) is 13.8 Å². The Labute approximate surface area is 96.2 Å². The van der Waals surface area contributed by atoms with E-state index in [4.69, 9.17) is 4.74 Å². The molecule has 0 saturated heterocycles. The molecule has 1 amide bonds. The molecule has 0 aliphatic rings. The summed E-state index contributed by atoms with van der Waals surface area (Å²) >= 11 is 1.54. The number of thiazole rings is 1. The number of aromatic nitrogens is 3. The Balaban J connectivity index is 2.24. The Morgan fingerprint density at radius 3 is 2.94 bits per heavy atom. The van der Waals surface area contributed by atoms with Crippen molar-refractivity contribution in [2.24, 2.45) is 0 Å². The van der Waals surface area contributed by atoms with Gasteiger partial charge >= 0.3 is 6.09 Å². The summed E-state index contributed by atoms with van der Waals surface area (Å²) < 4.78 is 6.45. The number of rotatable bonds is 2. The van der Waals surface area contributed by atoms with Crippen LogP contribution in [0, 0.1) is 13.8 Å². The predicted molar refractivity (Wildman–Crippen MR) is 61.0 cm³/mol.